The van der Waals surface area contributed by atoms with E-state index in [1.54, 1.807) is 25.4 Å². The van der Waals surface area contributed by atoms with Crippen LogP contribution < -0.4 is 0 Å². The summed E-state index contributed by atoms with van der Waals surface area (Å²) in [6.07, 6.45) is 4.71. The first-order valence-electron chi connectivity index (χ1n) is 6.18. The van der Waals surface area contributed by atoms with E-state index < -0.39 is 5.41 Å². The second kappa shape index (κ2) is 4.46. The summed E-state index contributed by atoms with van der Waals surface area (Å²) in [5, 5.41) is 3.90. The molecule has 1 aliphatic carbocycles. The maximum absolute atomic E-state index is 11.9. The Kier molecular flexibility index (Phi) is 2.77. The van der Waals surface area contributed by atoms with Gasteiger partial charge in [0, 0.05) is 18.0 Å². The molecule has 0 saturated heterocycles. The number of carbonyl (C=O) groups excluding carboxylic acids is 1. The lowest BCUT2D eigenvalue weighted by Gasteiger charge is -2.07. The Hall–Kier alpha value is -2.24. The standard InChI is InChI=1S/C13H13N3O3/c1-2-18-12(17)13(5-6-13)11-15-10(16-19-11)9-4-3-7-14-8-9/h3-4,7-8H,2,5-6H2,1H3. The number of carbonyl (C=O) groups is 1. The molecule has 0 N–H and O–H groups in total. The van der Waals surface area contributed by atoms with Crippen LogP contribution in [0.4, 0.5) is 0 Å². The molecule has 3 rings (SSSR count). The smallest absolute Gasteiger partial charge is 0.321 e. The molecule has 0 atom stereocenters. The van der Waals surface area contributed by atoms with Crippen LogP contribution in [0.3, 0.4) is 0 Å². The summed E-state index contributed by atoms with van der Waals surface area (Å²) in [6, 6.07) is 3.63. The minimum absolute atomic E-state index is 0.281. The highest BCUT2D eigenvalue weighted by Crippen LogP contribution is 2.48. The highest BCUT2D eigenvalue weighted by Gasteiger charge is 2.57. The van der Waals surface area contributed by atoms with E-state index in [1.165, 1.54) is 0 Å². The van der Waals surface area contributed by atoms with Crippen LogP contribution in [0, 0.1) is 0 Å². The van der Waals surface area contributed by atoms with Crippen molar-refractivity contribution in [2.75, 3.05) is 6.61 Å². The van der Waals surface area contributed by atoms with Crippen molar-refractivity contribution in [1.29, 1.82) is 0 Å². The summed E-state index contributed by atoms with van der Waals surface area (Å²) in [7, 11) is 0. The predicted octanol–water partition coefficient (Wildman–Crippen LogP) is 1.73. The van der Waals surface area contributed by atoms with Crippen molar-refractivity contribution in [3.8, 4) is 11.4 Å². The number of aromatic nitrogens is 3. The van der Waals surface area contributed by atoms with Crippen LogP contribution in [0.2, 0.25) is 0 Å². The summed E-state index contributed by atoms with van der Waals surface area (Å²) in [5.74, 6) is 0.500. The third-order valence-electron chi connectivity index (χ3n) is 3.17. The van der Waals surface area contributed by atoms with Crippen molar-refractivity contribution in [2.24, 2.45) is 0 Å². The van der Waals surface area contributed by atoms with Crippen molar-refractivity contribution in [3.05, 3.63) is 30.4 Å². The Morgan fingerprint density at radius 3 is 3.00 bits per heavy atom. The van der Waals surface area contributed by atoms with Crippen LogP contribution in [0.5, 0.6) is 0 Å². The van der Waals surface area contributed by atoms with E-state index >= 15 is 0 Å². The van der Waals surface area contributed by atoms with Gasteiger partial charge >= 0.3 is 5.97 Å². The van der Waals surface area contributed by atoms with Gasteiger partial charge in [-0.1, -0.05) is 5.16 Å². The van der Waals surface area contributed by atoms with Crippen molar-refractivity contribution in [3.63, 3.8) is 0 Å². The van der Waals surface area contributed by atoms with Crippen LogP contribution in [-0.2, 0) is 14.9 Å². The van der Waals surface area contributed by atoms with E-state index in [4.69, 9.17) is 9.26 Å². The number of hydrogen-bond donors (Lipinski definition) is 0. The Balaban J connectivity index is 1.88. The van der Waals surface area contributed by atoms with Gasteiger partial charge in [0.05, 0.1) is 6.61 Å². The first-order valence-corrected chi connectivity index (χ1v) is 6.18. The summed E-state index contributed by atoms with van der Waals surface area (Å²) >= 11 is 0. The summed E-state index contributed by atoms with van der Waals surface area (Å²) in [4.78, 5) is 20.2. The average molecular weight is 259 g/mol. The van der Waals surface area contributed by atoms with E-state index in [-0.39, 0.29) is 5.97 Å². The van der Waals surface area contributed by atoms with Crippen LogP contribution in [0.15, 0.2) is 29.0 Å². The largest absolute Gasteiger partial charge is 0.465 e. The molecule has 19 heavy (non-hydrogen) atoms. The molecule has 2 aromatic heterocycles. The molecule has 0 amide bonds. The SMILES string of the molecule is CCOC(=O)C1(c2nc(-c3cccnc3)no2)CC1. The van der Waals surface area contributed by atoms with Gasteiger partial charge in [-0.3, -0.25) is 9.78 Å². The zero-order chi connectivity index (χ0) is 13.3. The van der Waals surface area contributed by atoms with Gasteiger partial charge in [-0.2, -0.15) is 4.98 Å². The molecule has 2 heterocycles. The number of esters is 1. The van der Waals surface area contributed by atoms with Crippen LogP contribution in [-0.4, -0.2) is 27.7 Å². The molecule has 2 aromatic rings. The normalized spacial score (nSPS) is 16.1. The zero-order valence-electron chi connectivity index (χ0n) is 10.5. The summed E-state index contributed by atoms with van der Waals surface area (Å²) in [6.45, 7) is 2.13. The summed E-state index contributed by atoms with van der Waals surface area (Å²) in [5.41, 5.74) is 0.0425. The molecule has 0 spiro atoms. The predicted molar refractivity (Wildman–Crippen MR) is 65.1 cm³/mol. The van der Waals surface area contributed by atoms with Crippen molar-refractivity contribution in [2.45, 2.75) is 25.2 Å². The van der Waals surface area contributed by atoms with Crippen molar-refractivity contribution < 1.29 is 14.1 Å². The second-order valence-electron chi connectivity index (χ2n) is 4.47. The number of ether oxygens (including phenoxy) is 1. The first kappa shape index (κ1) is 11.8. The topological polar surface area (TPSA) is 78.1 Å². The molecule has 0 bridgehead atoms. The number of rotatable bonds is 4. The molecule has 98 valence electrons. The van der Waals surface area contributed by atoms with Gasteiger partial charge in [0.25, 0.3) is 0 Å². The minimum Gasteiger partial charge on any atom is -0.465 e. The molecular formula is C13H13N3O3. The highest BCUT2D eigenvalue weighted by atomic mass is 16.5. The fourth-order valence-corrected chi connectivity index (χ4v) is 1.93. The number of nitrogens with zero attached hydrogens (tertiary/aromatic N) is 3. The zero-order valence-corrected chi connectivity index (χ0v) is 10.5. The Morgan fingerprint density at radius 1 is 1.53 bits per heavy atom. The lowest BCUT2D eigenvalue weighted by Crippen LogP contribution is -2.23. The van der Waals surface area contributed by atoms with Gasteiger partial charge in [-0.05, 0) is 31.9 Å². The van der Waals surface area contributed by atoms with Gasteiger partial charge < -0.3 is 9.26 Å². The molecule has 6 nitrogen and oxygen atoms in total. The van der Waals surface area contributed by atoms with Crippen molar-refractivity contribution >= 4 is 5.97 Å². The quantitative estimate of drug-likeness (QED) is 0.778. The Labute approximate surface area is 109 Å². The van der Waals surface area contributed by atoms with Gasteiger partial charge in [-0.15, -0.1) is 0 Å². The maximum Gasteiger partial charge on any atom is 0.321 e. The number of pyridine rings is 1. The summed E-state index contributed by atoms with van der Waals surface area (Å²) < 4.78 is 10.3. The van der Waals surface area contributed by atoms with Gasteiger partial charge in [0.2, 0.25) is 11.7 Å². The monoisotopic (exact) mass is 259 g/mol. The first-order chi connectivity index (χ1) is 9.26. The lowest BCUT2D eigenvalue weighted by molar-refractivity contribution is -0.146. The average Bonchev–Trinajstić information content (AvgIpc) is 3.11. The lowest BCUT2D eigenvalue weighted by atomic mass is 10.1. The van der Waals surface area contributed by atoms with Gasteiger partial charge in [-0.25, -0.2) is 0 Å². The van der Waals surface area contributed by atoms with Gasteiger partial charge in [0.15, 0.2) is 0 Å². The van der Waals surface area contributed by atoms with E-state index in [2.05, 4.69) is 15.1 Å². The highest BCUT2D eigenvalue weighted by molar-refractivity contribution is 5.85. The third kappa shape index (κ3) is 1.99. The Morgan fingerprint density at radius 2 is 2.37 bits per heavy atom. The molecular weight excluding hydrogens is 246 g/mol. The molecule has 0 aromatic carbocycles. The second-order valence-corrected chi connectivity index (χ2v) is 4.47. The van der Waals surface area contributed by atoms with Crippen molar-refractivity contribution in [1.82, 2.24) is 15.1 Å². The molecule has 0 unspecified atom stereocenters. The third-order valence-corrected chi connectivity index (χ3v) is 3.17. The van der Waals surface area contributed by atoms with E-state index in [0.717, 1.165) is 5.56 Å². The number of hydrogen-bond acceptors (Lipinski definition) is 6. The Bertz CT molecular complexity index is 590. The van der Waals surface area contributed by atoms with E-state index in [1.807, 2.05) is 6.07 Å². The van der Waals surface area contributed by atoms with E-state index in [9.17, 15) is 4.79 Å². The van der Waals surface area contributed by atoms with Crippen LogP contribution >= 0.6 is 0 Å². The van der Waals surface area contributed by atoms with Crippen LogP contribution in [0.1, 0.15) is 25.7 Å². The van der Waals surface area contributed by atoms with Crippen LogP contribution in [0.25, 0.3) is 11.4 Å². The molecule has 1 fully saturated rings. The molecule has 1 saturated carbocycles. The molecule has 0 aliphatic heterocycles. The molecule has 6 heteroatoms. The fraction of sp³-hybridized carbons (Fsp3) is 0.385. The molecule has 1 aliphatic rings. The minimum atomic E-state index is -0.719. The van der Waals surface area contributed by atoms with E-state index in [0.29, 0.717) is 31.2 Å². The molecule has 0 radical (unpaired) electrons. The maximum atomic E-state index is 11.9. The fourth-order valence-electron chi connectivity index (χ4n) is 1.93. The van der Waals surface area contributed by atoms with Gasteiger partial charge in [0.1, 0.15) is 5.41 Å².